The third-order valence-corrected chi connectivity index (χ3v) is 5.65. The van der Waals surface area contributed by atoms with Crippen LogP contribution in [0.25, 0.3) is 11.3 Å². The SMILES string of the molecule is CCSc1nnc2c(n1)O[C@H](c1ccc(N(CC)CC)cc1)Nc1ccccc1-2. The van der Waals surface area contributed by atoms with Crippen molar-refractivity contribution in [3.05, 3.63) is 54.1 Å². The summed E-state index contributed by atoms with van der Waals surface area (Å²) in [5.74, 6) is 1.39. The van der Waals surface area contributed by atoms with E-state index >= 15 is 0 Å². The van der Waals surface area contributed by atoms with Gasteiger partial charge in [-0.25, -0.2) is 0 Å². The van der Waals surface area contributed by atoms with Crippen LogP contribution in [0.4, 0.5) is 11.4 Å². The Kier molecular flexibility index (Phi) is 5.85. The minimum absolute atomic E-state index is 0.362. The normalized spacial score (nSPS) is 14.8. The molecule has 0 aliphatic carbocycles. The first kappa shape index (κ1) is 19.5. The number of para-hydroxylation sites is 1. The Bertz CT molecular complexity index is 975. The van der Waals surface area contributed by atoms with E-state index in [-0.39, 0.29) is 6.23 Å². The molecule has 7 heteroatoms. The van der Waals surface area contributed by atoms with E-state index in [1.807, 2.05) is 24.3 Å². The second-order valence-electron chi connectivity index (χ2n) is 6.63. The fraction of sp³-hybridized carbons (Fsp3) is 0.318. The predicted molar refractivity (Wildman–Crippen MR) is 119 cm³/mol. The lowest BCUT2D eigenvalue weighted by atomic mass is 10.1. The van der Waals surface area contributed by atoms with Crippen molar-refractivity contribution in [2.45, 2.75) is 32.2 Å². The zero-order valence-corrected chi connectivity index (χ0v) is 17.7. The average molecular weight is 408 g/mol. The van der Waals surface area contributed by atoms with E-state index in [2.05, 4.69) is 70.4 Å². The van der Waals surface area contributed by atoms with Crippen LogP contribution in [0.2, 0.25) is 0 Å². The summed E-state index contributed by atoms with van der Waals surface area (Å²) >= 11 is 1.55. The van der Waals surface area contributed by atoms with Crippen molar-refractivity contribution in [2.24, 2.45) is 0 Å². The van der Waals surface area contributed by atoms with E-state index in [9.17, 15) is 0 Å². The van der Waals surface area contributed by atoms with Gasteiger partial charge in [-0.1, -0.05) is 49.0 Å². The summed E-state index contributed by atoms with van der Waals surface area (Å²) in [6.45, 7) is 8.36. The molecule has 1 atom stereocenters. The van der Waals surface area contributed by atoms with E-state index < -0.39 is 0 Å². The number of ether oxygens (including phenoxy) is 1. The van der Waals surface area contributed by atoms with Crippen molar-refractivity contribution >= 4 is 23.1 Å². The van der Waals surface area contributed by atoms with E-state index in [1.54, 1.807) is 11.8 Å². The molecule has 1 aliphatic rings. The van der Waals surface area contributed by atoms with Crippen LogP contribution in [0.3, 0.4) is 0 Å². The molecule has 0 saturated carbocycles. The van der Waals surface area contributed by atoms with Crippen LogP contribution in [0.1, 0.15) is 32.6 Å². The summed E-state index contributed by atoms with van der Waals surface area (Å²) in [5.41, 5.74) is 4.80. The lowest BCUT2D eigenvalue weighted by molar-refractivity contribution is 0.225. The van der Waals surface area contributed by atoms with Crippen molar-refractivity contribution in [3.63, 3.8) is 0 Å². The fourth-order valence-corrected chi connectivity index (χ4v) is 3.94. The van der Waals surface area contributed by atoms with Crippen molar-refractivity contribution < 1.29 is 4.74 Å². The molecule has 1 aromatic heterocycles. The Hall–Kier alpha value is -2.80. The van der Waals surface area contributed by atoms with Gasteiger partial charge in [0.1, 0.15) is 0 Å². The molecule has 0 amide bonds. The smallest absolute Gasteiger partial charge is 0.247 e. The molecule has 0 unspecified atom stereocenters. The highest BCUT2D eigenvalue weighted by Crippen LogP contribution is 2.39. The zero-order valence-electron chi connectivity index (χ0n) is 16.9. The van der Waals surface area contributed by atoms with Crippen molar-refractivity contribution in [3.8, 4) is 17.1 Å². The number of anilines is 2. The van der Waals surface area contributed by atoms with Crippen LogP contribution in [-0.4, -0.2) is 34.0 Å². The fourth-order valence-electron chi connectivity index (χ4n) is 3.44. The molecule has 1 aliphatic heterocycles. The van der Waals surface area contributed by atoms with Gasteiger partial charge in [0, 0.05) is 35.6 Å². The summed E-state index contributed by atoms with van der Waals surface area (Å²) in [6, 6.07) is 16.5. The summed E-state index contributed by atoms with van der Waals surface area (Å²) < 4.78 is 6.31. The highest BCUT2D eigenvalue weighted by atomic mass is 32.2. The number of hydrogen-bond donors (Lipinski definition) is 1. The van der Waals surface area contributed by atoms with E-state index in [0.717, 1.165) is 35.7 Å². The molecule has 0 radical (unpaired) electrons. The van der Waals surface area contributed by atoms with E-state index in [4.69, 9.17) is 4.74 Å². The van der Waals surface area contributed by atoms with Crippen molar-refractivity contribution in [2.75, 3.05) is 29.1 Å². The molecule has 0 fully saturated rings. The summed E-state index contributed by atoms with van der Waals surface area (Å²) in [7, 11) is 0. The number of aromatic nitrogens is 3. The maximum atomic E-state index is 6.31. The van der Waals surface area contributed by atoms with Gasteiger partial charge in [-0.2, -0.15) is 4.98 Å². The Morgan fingerprint density at radius 2 is 1.76 bits per heavy atom. The molecule has 0 spiro atoms. The molecular formula is C22H25N5OS. The Labute approximate surface area is 175 Å². The average Bonchev–Trinajstić information content (AvgIpc) is 2.92. The standard InChI is InChI=1S/C22H25N5OS/c1-4-27(5-2)16-13-11-15(12-14-16)20-23-18-10-8-7-9-17(18)19-21(28-20)24-22(26-25-19)29-6-3/h7-14,20,23H,4-6H2,1-3H3/t20-/m1/s1. The van der Waals surface area contributed by atoms with Crippen LogP contribution in [0, 0.1) is 0 Å². The van der Waals surface area contributed by atoms with Crippen molar-refractivity contribution in [1.82, 2.24) is 15.2 Å². The summed E-state index contributed by atoms with van der Waals surface area (Å²) in [4.78, 5) is 6.95. The number of benzene rings is 2. The Morgan fingerprint density at radius 3 is 2.48 bits per heavy atom. The molecule has 29 heavy (non-hydrogen) atoms. The minimum Gasteiger partial charge on any atom is -0.448 e. The van der Waals surface area contributed by atoms with Gasteiger partial charge in [0.15, 0.2) is 11.9 Å². The maximum Gasteiger partial charge on any atom is 0.247 e. The molecule has 3 aromatic rings. The van der Waals surface area contributed by atoms with Crippen molar-refractivity contribution in [1.29, 1.82) is 0 Å². The Balaban J connectivity index is 1.72. The van der Waals surface area contributed by atoms with E-state index in [1.165, 1.54) is 5.69 Å². The number of nitrogens with one attached hydrogen (secondary N) is 1. The molecule has 150 valence electrons. The van der Waals surface area contributed by atoms with Gasteiger partial charge in [0.2, 0.25) is 11.0 Å². The maximum absolute atomic E-state index is 6.31. The first-order chi connectivity index (χ1) is 14.2. The molecule has 2 heterocycles. The number of fused-ring (bicyclic) bond motifs is 3. The summed E-state index contributed by atoms with van der Waals surface area (Å²) in [5, 5.41) is 12.8. The highest BCUT2D eigenvalue weighted by Gasteiger charge is 2.26. The van der Waals surface area contributed by atoms with Gasteiger partial charge >= 0.3 is 0 Å². The second kappa shape index (κ2) is 8.69. The first-order valence-electron chi connectivity index (χ1n) is 9.98. The first-order valence-corrected chi connectivity index (χ1v) is 11.0. The molecular weight excluding hydrogens is 382 g/mol. The summed E-state index contributed by atoms with van der Waals surface area (Å²) in [6.07, 6.45) is -0.362. The molecule has 4 rings (SSSR count). The van der Waals surface area contributed by atoms with Crippen LogP contribution in [-0.2, 0) is 0 Å². The number of nitrogens with zero attached hydrogens (tertiary/aromatic N) is 4. The topological polar surface area (TPSA) is 63.2 Å². The van der Waals surface area contributed by atoms with Crippen LogP contribution in [0.5, 0.6) is 5.88 Å². The van der Waals surface area contributed by atoms with Gasteiger partial charge in [-0.05, 0) is 37.8 Å². The molecule has 2 aromatic carbocycles. The van der Waals surface area contributed by atoms with Gasteiger partial charge in [-0.3, -0.25) is 0 Å². The van der Waals surface area contributed by atoms with Gasteiger partial charge in [0.25, 0.3) is 0 Å². The number of thioether (sulfide) groups is 1. The predicted octanol–water partition coefficient (Wildman–Crippen LogP) is 5.00. The largest absolute Gasteiger partial charge is 0.448 e. The van der Waals surface area contributed by atoms with Gasteiger partial charge < -0.3 is 15.0 Å². The zero-order chi connectivity index (χ0) is 20.2. The number of hydrogen-bond acceptors (Lipinski definition) is 7. The third kappa shape index (κ3) is 4.00. The third-order valence-electron chi connectivity index (χ3n) is 4.93. The molecule has 6 nitrogen and oxygen atoms in total. The highest BCUT2D eigenvalue weighted by molar-refractivity contribution is 7.99. The molecule has 0 bridgehead atoms. The quantitative estimate of drug-likeness (QED) is 0.577. The Morgan fingerprint density at radius 1 is 1.00 bits per heavy atom. The number of rotatable bonds is 6. The van der Waals surface area contributed by atoms with Gasteiger partial charge in [0.05, 0.1) is 0 Å². The van der Waals surface area contributed by atoms with E-state index in [0.29, 0.717) is 16.7 Å². The minimum atomic E-state index is -0.362. The molecule has 0 saturated heterocycles. The molecule has 1 N–H and O–H groups in total. The lowest BCUT2D eigenvalue weighted by Crippen LogP contribution is -2.22. The van der Waals surface area contributed by atoms with Crippen LogP contribution < -0.4 is 15.0 Å². The van der Waals surface area contributed by atoms with Crippen LogP contribution in [0.15, 0.2) is 53.7 Å². The van der Waals surface area contributed by atoms with Crippen LogP contribution >= 0.6 is 11.8 Å². The van der Waals surface area contributed by atoms with Gasteiger partial charge in [-0.15, -0.1) is 10.2 Å². The second-order valence-corrected chi connectivity index (χ2v) is 7.86. The monoisotopic (exact) mass is 407 g/mol. The lowest BCUT2D eigenvalue weighted by Gasteiger charge is -2.23.